The van der Waals surface area contributed by atoms with Crippen LogP contribution in [-0.2, 0) is 4.79 Å². The van der Waals surface area contributed by atoms with E-state index in [1.54, 1.807) is 0 Å². The highest BCUT2D eigenvalue weighted by Gasteiger charge is 2.19. The molecule has 2 heteroatoms. The third-order valence-corrected chi connectivity index (χ3v) is 2.36. The second-order valence-electron chi connectivity index (χ2n) is 3.23. The lowest BCUT2D eigenvalue weighted by atomic mass is 10.1. The normalized spacial score (nSPS) is 20.9. The Labute approximate surface area is 77.3 Å². The molecule has 0 aliphatic carbocycles. The number of allylic oxidation sites excluding steroid dienone is 1. The number of hydrogen-bond donors (Lipinski definition) is 1. The molecule has 1 aromatic rings. The maximum atomic E-state index is 10.4. The van der Waals surface area contributed by atoms with E-state index in [0.29, 0.717) is 11.7 Å². The first kappa shape index (κ1) is 8.09. The predicted molar refractivity (Wildman–Crippen MR) is 50.8 cm³/mol. The Hall–Kier alpha value is -1.53. The Balaban J connectivity index is 2.17. The number of hydrogen-bond acceptors (Lipinski definition) is 2. The first-order valence-electron chi connectivity index (χ1n) is 4.45. The van der Waals surface area contributed by atoms with Crippen LogP contribution in [0, 0.1) is 0 Å². The quantitative estimate of drug-likeness (QED) is 0.656. The van der Waals surface area contributed by atoms with Gasteiger partial charge in [-0.2, -0.15) is 0 Å². The van der Waals surface area contributed by atoms with Gasteiger partial charge in [0.25, 0.3) is 0 Å². The van der Waals surface area contributed by atoms with Crippen molar-refractivity contribution >= 4 is 5.94 Å². The van der Waals surface area contributed by atoms with Crippen molar-refractivity contribution in [1.29, 1.82) is 0 Å². The maximum absolute atomic E-state index is 10.4. The Kier molecular flexibility index (Phi) is 2.15. The molecule has 1 aromatic carbocycles. The molecule has 1 atom stereocenters. The highest BCUT2D eigenvalue weighted by molar-refractivity contribution is 5.52. The molecule has 0 saturated carbocycles. The Morgan fingerprint density at radius 2 is 2.08 bits per heavy atom. The summed E-state index contributed by atoms with van der Waals surface area (Å²) in [5, 5.41) is 3.15. The highest BCUT2D eigenvalue weighted by atomic mass is 16.1. The molecular weight excluding hydrogens is 162 g/mol. The van der Waals surface area contributed by atoms with Crippen molar-refractivity contribution in [3.8, 4) is 0 Å². The van der Waals surface area contributed by atoms with Gasteiger partial charge in [0.2, 0.25) is 0 Å². The van der Waals surface area contributed by atoms with E-state index in [9.17, 15) is 4.79 Å². The first-order chi connectivity index (χ1) is 6.40. The van der Waals surface area contributed by atoms with Crippen LogP contribution in [0.5, 0.6) is 0 Å². The number of nitrogens with one attached hydrogen (secondary N) is 1. The molecule has 1 fully saturated rings. The molecule has 66 valence electrons. The van der Waals surface area contributed by atoms with E-state index >= 15 is 0 Å². The SMILES string of the molecule is O=C=C1CCC(c2ccccc2)N1. The fraction of sp³-hybridized carbons (Fsp3) is 0.273. The van der Waals surface area contributed by atoms with Crippen LogP contribution >= 0.6 is 0 Å². The lowest BCUT2D eigenvalue weighted by Gasteiger charge is -2.09. The van der Waals surface area contributed by atoms with Gasteiger partial charge in [0.15, 0.2) is 0 Å². The lowest BCUT2D eigenvalue weighted by Crippen LogP contribution is -2.11. The Morgan fingerprint density at radius 1 is 1.31 bits per heavy atom. The van der Waals surface area contributed by atoms with Gasteiger partial charge in [-0.25, -0.2) is 4.79 Å². The molecule has 2 nitrogen and oxygen atoms in total. The lowest BCUT2D eigenvalue weighted by molar-refractivity contribution is 0.564. The van der Waals surface area contributed by atoms with Crippen molar-refractivity contribution < 1.29 is 4.79 Å². The second-order valence-corrected chi connectivity index (χ2v) is 3.23. The fourth-order valence-corrected chi connectivity index (χ4v) is 1.66. The van der Waals surface area contributed by atoms with Crippen molar-refractivity contribution in [3.63, 3.8) is 0 Å². The summed E-state index contributed by atoms with van der Waals surface area (Å²) in [4.78, 5) is 10.4. The average Bonchev–Trinajstić information content (AvgIpc) is 2.67. The minimum Gasteiger partial charge on any atom is -0.373 e. The van der Waals surface area contributed by atoms with Gasteiger partial charge in [-0.3, -0.25) is 0 Å². The molecule has 1 unspecified atom stereocenters. The zero-order valence-corrected chi connectivity index (χ0v) is 7.29. The summed E-state index contributed by atoms with van der Waals surface area (Å²) in [5.74, 6) is 1.92. The number of benzene rings is 1. The largest absolute Gasteiger partial charge is 0.373 e. The Bertz CT molecular complexity index is 338. The van der Waals surface area contributed by atoms with Gasteiger partial charge in [0.1, 0.15) is 5.94 Å². The minimum atomic E-state index is 0.303. The maximum Gasteiger partial charge on any atom is 0.145 e. The minimum absolute atomic E-state index is 0.303. The molecule has 0 spiro atoms. The molecule has 0 amide bonds. The number of rotatable bonds is 1. The number of carbonyl (C=O) groups excluding carboxylic acids is 1. The monoisotopic (exact) mass is 173 g/mol. The van der Waals surface area contributed by atoms with Crippen molar-refractivity contribution in [3.05, 3.63) is 41.6 Å². The van der Waals surface area contributed by atoms with E-state index in [1.165, 1.54) is 5.56 Å². The summed E-state index contributed by atoms with van der Waals surface area (Å²) in [6.45, 7) is 0. The van der Waals surface area contributed by atoms with E-state index < -0.39 is 0 Å². The van der Waals surface area contributed by atoms with Gasteiger partial charge in [-0.05, 0) is 12.0 Å². The van der Waals surface area contributed by atoms with E-state index in [0.717, 1.165) is 12.8 Å². The standard InChI is InChI=1S/C11H11NO/c13-8-10-6-7-11(12-10)9-4-2-1-3-5-9/h1-5,11-12H,6-7H2. The molecule has 0 bridgehead atoms. The van der Waals surface area contributed by atoms with E-state index in [4.69, 9.17) is 0 Å². The van der Waals surface area contributed by atoms with Crippen LogP contribution in [0.15, 0.2) is 36.0 Å². The Morgan fingerprint density at radius 3 is 2.69 bits per heavy atom. The van der Waals surface area contributed by atoms with Crippen LogP contribution in [0.25, 0.3) is 0 Å². The van der Waals surface area contributed by atoms with E-state index in [-0.39, 0.29) is 0 Å². The summed E-state index contributed by atoms with van der Waals surface area (Å²) in [7, 11) is 0. The van der Waals surface area contributed by atoms with Crippen LogP contribution in [0.4, 0.5) is 0 Å². The first-order valence-corrected chi connectivity index (χ1v) is 4.45. The molecule has 0 aromatic heterocycles. The molecule has 1 saturated heterocycles. The summed E-state index contributed by atoms with van der Waals surface area (Å²) >= 11 is 0. The average molecular weight is 173 g/mol. The van der Waals surface area contributed by atoms with Crippen LogP contribution in [0.3, 0.4) is 0 Å². The van der Waals surface area contributed by atoms with Crippen molar-refractivity contribution in [2.75, 3.05) is 0 Å². The van der Waals surface area contributed by atoms with Gasteiger partial charge in [0.05, 0.1) is 11.7 Å². The van der Waals surface area contributed by atoms with Crippen LogP contribution in [-0.4, -0.2) is 5.94 Å². The van der Waals surface area contributed by atoms with Crippen LogP contribution < -0.4 is 5.32 Å². The van der Waals surface area contributed by atoms with Gasteiger partial charge >= 0.3 is 0 Å². The van der Waals surface area contributed by atoms with Gasteiger partial charge in [0, 0.05) is 6.42 Å². The summed E-state index contributed by atoms with van der Waals surface area (Å²) in [6.07, 6.45) is 1.82. The van der Waals surface area contributed by atoms with Gasteiger partial charge < -0.3 is 5.32 Å². The molecule has 13 heavy (non-hydrogen) atoms. The fourth-order valence-electron chi connectivity index (χ4n) is 1.66. The molecule has 1 N–H and O–H groups in total. The van der Waals surface area contributed by atoms with Crippen molar-refractivity contribution in [2.24, 2.45) is 0 Å². The zero-order chi connectivity index (χ0) is 9.10. The van der Waals surface area contributed by atoms with E-state index in [2.05, 4.69) is 17.4 Å². The predicted octanol–water partition coefficient (Wildman–Crippen LogP) is 1.83. The molecule has 2 rings (SSSR count). The van der Waals surface area contributed by atoms with Crippen LogP contribution in [0.1, 0.15) is 24.4 Å². The summed E-state index contributed by atoms with van der Waals surface area (Å²) in [5.41, 5.74) is 1.95. The topological polar surface area (TPSA) is 29.1 Å². The molecule has 1 aliphatic heterocycles. The van der Waals surface area contributed by atoms with Gasteiger partial charge in [-0.1, -0.05) is 30.3 Å². The van der Waals surface area contributed by atoms with E-state index in [1.807, 2.05) is 24.1 Å². The molecule has 1 heterocycles. The molecule has 1 aliphatic rings. The molecular formula is C11H11NO. The summed E-state index contributed by atoms with van der Waals surface area (Å²) in [6, 6.07) is 10.5. The van der Waals surface area contributed by atoms with Crippen LogP contribution in [0.2, 0.25) is 0 Å². The summed E-state index contributed by atoms with van der Waals surface area (Å²) < 4.78 is 0. The highest BCUT2D eigenvalue weighted by Crippen LogP contribution is 2.26. The zero-order valence-electron chi connectivity index (χ0n) is 7.29. The third kappa shape index (κ3) is 1.63. The van der Waals surface area contributed by atoms with Crippen molar-refractivity contribution in [1.82, 2.24) is 5.32 Å². The third-order valence-electron chi connectivity index (χ3n) is 2.36. The smallest absolute Gasteiger partial charge is 0.145 e. The van der Waals surface area contributed by atoms with Gasteiger partial charge in [-0.15, -0.1) is 0 Å². The molecule has 0 radical (unpaired) electrons. The second kappa shape index (κ2) is 3.46. The van der Waals surface area contributed by atoms with Crippen molar-refractivity contribution in [2.45, 2.75) is 18.9 Å².